The van der Waals surface area contributed by atoms with Crippen LogP contribution >= 0.6 is 23.2 Å². The van der Waals surface area contributed by atoms with Gasteiger partial charge in [-0.3, -0.25) is 14.9 Å². The van der Waals surface area contributed by atoms with Gasteiger partial charge in [-0.05, 0) is 42.3 Å². The van der Waals surface area contributed by atoms with Gasteiger partial charge in [0.15, 0.2) is 5.92 Å². The van der Waals surface area contributed by atoms with E-state index in [1.165, 1.54) is 27.4 Å². The van der Waals surface area contributed by atoms with Crippen molar-refractivity contribution >= 4 is 46.9 Å². The minimum absolute atomic E-state index is 0.0446. The highest BCUT2D eigenvalue weighted by molar-refractivity contribution is 6.36. The maximum atomic E-state index is 12.2. The van der Waals surface area contributed by atoms with E-state index in [1.54, 1.807) is 30.3 Å². The molecular formula is C21H21Cl2NO7. The molecule has 0 radical (unpaired) electrons. The first-order chi connectivity index (χ1) is 14.8. The first-order valence-corrected chi connectivity index (χ1v) is 9.74. The summed E-state index contributed by atoms with van der Waals surface area (Å²) in [6, 6.07) is 9.62. The number of hydrogen-bond donors (Lipinski definition) is 1. The molecule has 166 valence electrons. The maximum absolute atomic E-state index is 12.2. The van der Waals surface area contributed by atoms with E-state index in [0.717, 1.165) is 0 Å². The minimum atomic E-state index is -1.12. The molecule has 0 aliphatic rings. The van der Waals surface area contributed by atoms with E-state index in [9.17, 15) is 14.4 Å². The molecule has 2 aromatic carbocycles. The third kappa shape index (κ3) is 6.77. The fourth-order valence-electron chi connectivity index (χ4n) is 2.73. The number of anilines is 1. The van der Waals surface area contributed by atoms with Crippen LogP contribution in [0.15, 0.2) is 36.4 Å². The van der Waals surface area contributed by atoms with Crippen LogP contribution < -0.4 is 10.1 Å². The number of methoxy groups -OCH3 is 3. The number of ether oxygens (including phenoxy) is 4. The number of carbonyl (C=O) groups is 3. The highest BCUT2D eigenvalue weighted by atomic mass is 35.5. The predicted molar refractivity (Wildman–Crippen MR) is 114 cm³/mol. The highest BCUT2D eigenvalue weighted by Crippen LogP contribution is 2.26. The van der Waals surface area contributed by atoms with Crippen LogP contribution in [0.1, 0.15) is 11.1 Å². The molecule has 2 aromatic rings. The monoisotopic (exact) mass is 469 g/mol. The van der Waals surface area contributed by atoms with Gasteiger partial charge in [-0.1, -0.05) is 29.3 Å². The Labute approximate surface area is 189 Å². The van der Waals surface area contributed by atoms with Crippen molar-refractivity contribution in [1.82, 2.24) is 0 Å². The molecule has 0 spiro atoms. The van der Waals surface area contributed by atoms with E-state index in [0.29, 0.717) is 27.6 Å². The summed E-state index contributed by atoms with van der Waals surface area (Å²) in [6.45, 7) is -0.130. The summed E-state index contributed by atoms with van der Waals surface area (Å²) < 4.78 is 19.9. The SMILES string of the molecule is COC(=O)C(Cc1ccc(OC)c(COC(=O)Nc2ccc(Cl)cc2Cl)c1)C(=O)OC. The third-order valence-electron chi connectivity index (χ3n) is 4.28. The quantitative estimate of drug-likeness (QED) is 0.350. The van der Waals surface area contributed by atoms with Gasteiger partial charge in [0.2, 0.25) is 0 Å². The van der Waals surface area contributed by atoms with Crippen LogP contribution in [0.3, 0.4) is 0 Å². The Morgan fingerprint density at radius 1 is 0.968 bits per heavy atom. The van der Waals surface area contributed by atoms with Crippen molar-refractivity contribution in [1.29, 1.82) is 0 Å². The summed E-state index contributed by atoms with van der Waals surface area (Å²) in [6.07, 6.45) is -0.693. The zero-order valence-corrected chi connectivity index (χ0v) is 18.6. The molecule has 1 amide bonds. The molecule has 0 aliphatic carbocycles. The van der Waals surface area contributed by atoms with Crippen molar-refractivity contribution < 1.29 is 33.3 Å². The summed E-state index contributed by atoms with van der Waals surface area (Å²) >= 11 is 11.9. The molecule has 10 heteroatoms. The first kappa shape index (κ1) is 24.3. The smallest absolute Gasteiger partial charge is 0.412 e. The van der Waals surface area contributed by atoms with E-state index in [4.69, 9.17) is 32.7 Å². The first-order valence-electron chi connectivity index (χ1n) is 8.99. The molecule has 0 saturated heterocycles. The molecule has 0 heterocycles. The van der Waals surface area contributed by atoms with Crippen LogP contribution in [-0.2, 0) is 36.8 Å². The number of hydrogen-bond acceptors (Lipinski definition) is 7. The second-order valence-corrected chi connectivity index (χ2v) is 7.12. The maximum Gasteiger partial charge on any atom is 0.412 e. The van der Waals surface area contributed by atoms with E-state index >= 15 is 0 Å². The van der Waals surface area contributed by atoms with Crippen LogP contribution in [0.2, 0.25) is 10.0 Å². The Hall–Kier alpha value is -2.97. The van der Waals surface area contributed by atoms with Gasteiger partial charge >= 0.3 is 18.0 Å². The van der Waals surface area contributed by atoms with Crippen molar-refractivity contribution in [3.63, 3.8) is 0 Å². The third-order valence-corrected chi connectivity index (χ3v) is 4.83. The molecule has 0 fully saturated rings. The van der Waals surface area contributed by atoms with Gasteiger partial charge in [-0.25, -0.2) is 4.79 Å². The molecule has 1 N–H and O–H groups in total. The molecule has 0 atom stereocenters. The lowest BCUT2D eigenvalue weighted by Crippen LogP contribution is -2.28. The summed E-state index contributed by atoms with van der Waals surface area (Å²) in [4.78, 5) is 36.0. The Morgan fingerprint density at radius 2 is 1.65 bits per heavy atom. The Morgan fingerprint density at radius 3 is 2.23 bits per heavy atom. The fraction of sp³-hybridized carbons (Fsp3) is 0.286. The molecule has 0 unspecified atom stereocenters. The summed E-state index contributed by atoms with van der Waals surface area (Å²) in [5.41, 5.74) is 1.50. The van der Waals surface area contributed by atoms with Gasteiger partial charge in [-0.2, -0.15) is 0 Å². The summed E-state index contributed by atoms with van der Waals surface area (Å²) in [5.74, 6) is -2.07. The number of halogens is 2. The summed E-state index contributed by atoms with van der Waals surface area (Å²) in [7, 11) is 3.85. The average Bonchev–Trinajstić information content (AvgIpc) is 2.77. The largest absolute Gasteiger partial charge is 0.496 e. The molecule has 31 heavy (non-hydrogen) atoms. The molecule has 2 rings (SSSR count). The van der Waals surface area contributed by atoms with Gasteiger partial charge in [0, 0.05) is 10.6 Å². The van der Waals surface area contributed by atoms with E-state index in [-0.39, 0.29) is 18.1 Å². The zero-order chi connectivity index (χ0) is 23.0. The average molecular weight is 470 g/mol. The van der Waals surface area contributed by atoms with E-state index < -0.39 is 23.9 Å². The molecule has 0 bridgehead atoms. The topological polar surface area (TPSA) is 100 Å². The number of benzene rings is 2. The number of nitrogens with one attached hydrogen (secondary N) is 1. The molecule has 0 aromatic heterocycles. The Kier molecular flexibility index (Phi) is 8.96. The predicted octanol–water partition coefficient (Wildman–Crippen LogP) is 4.26. The minimum Gasteiger partial charge on any atom is -0.496 e. The van der Waals surface area contributed by atoms with Gasteiger partial charge < -0.3 is 18.9 Å². The molecule has 0 saturated carbocycles. The molecular weight excluding hydrogens is 449 g/mol. The standard InChI is InChI=1S/C21H21Cl2NO7/c1-28-18-7-4-12(9-15(19(25)29-2)20(26)30-3)8-13(18)11-31-21(27)24-17-6-5-14(22)10-16(17)23/h4-8,10,15H,9,11H2,1-3H3,(H,24,27). The van der Waals surface area contributed by atoms with Crippen LogP contribution in [0.25, 0.3) is 0 Å². The van der Waals surface area contributed by atoms with Gasteiger partial charge in [0.05, 0.1) is 32.0 Å². The number of amides is 1. The molecule has 8 nitrogen and oxygen atoms in total. The van der Waals surface area contributed by atoms with Crippen molar-refractivity contribution in [3.05, 3.63) is 57.6 Å². The summed E-state index contributed by atoms with van der Waals surface area (Å²) in [5, 5.41) is 3.22. The van der Waals surface area contributed by atoms with Crippen molar-refractivity contribution in [2.75, 3.05) is 26.6 Å². The Balaban J connectivity index is 2.12. The number of rotatable bonds is 8. The lowest BCUT2D eigenvalue weighted by molar-refractivity contribution is -0.158. The highest BCUT2D eigenvalue weighted by Gasteiger charge is 2.29. The van der Waals surface area contributed by atoms with Crippen molar-refractivity contribution in [2.24, 2.45) is 5.92 Å². The fourth-order valence-corrected chi connectivity index (χ4v) is 3.19. The van der Waals surface area contributed by atoms with Gasteiger partial charge in [0.1, 0.15) is 12.4 Å². The molecule has 0 aliphatic heterocycles. The van der Waals surface area contributed by atoms with E-state index in [2.05, 4.69) is 14.8 Å². The number of esters is 2. The van der Waals surface area contributed by atoms with Gasteiger partial charge in [-0.15, -0.1) is 0 Å². The van der Waals surface area contributed by atoms with Gasteiger partial charge in [0.25, 0.3) is 0 Å². The normalized spacial score (nSPS) is 10.4. The van der Waals surface area contributed by atoms with Crippen LogP contribution in [-0.4, -0.2) is 39.4 Å². The van der Waals surface area contributed by atoms with Crippen LogP contribution in [0, 0.1) is 5.92 Å². The zero-order valence-electron chi connectivity index (χ0n) is 17.1. The van der Waals surface area contributed by atoms with E-state index in [1.807, 2.05) is 0 Å². The second kappa shape index (κ2) is 11.4. The van der Waals surface area contributed by atoms with Crippen LogP contribution in [0.5, 0.6) is 5.75 Å². The lowest BCUT2D eigenvalue weighted by Gasteiger charge is -2.15. The Bertz CT molecular complexity index is 949. The van der Waals surface area contributed by atoms with Crippen LogP contribution in [0.4, 0.5) is 10.5 Å². The second-order valence-electron chi connectivity index (χ2n) is 6.27. The van der Waals surface area contributed by atoms with Crippen molar-refractivity contribution in [2.45, 2.75) is 13.0 Å². The van der Waals surface area contributed by atoms with Crippen molar-refractivity contribution in [3.8, 4) is 5.75 Å². The number of carbonyl (C=O) groups excluding carboxylic acids is 3. The lowest BCUT2D eigenvalue weighted by atomic mass is 9.97.